The Labute approximate surface area is 140 Å². The minimum atomic E-state index is -0.521. The third kappa shape index (κ3) is 3.43. The van der Waals surface area contributed by atoms with Crippen molar-refractivity contribution in [2.75, 3.05) is 13.1 Å². The number of hydrogen-bond acceptors (Lipinski definition) is 5. The maximum absolute atomic E-state index is 12.9. The molecule has 1 fully saturated rings. The fourth-order valence-electron chi connectivity index (χ4n) is 2.94. The van der Waals surface area contributed by atoms with Gasteiger partial charge in [0.05, 0.1) is 12.1 Å². The highest BCUT2D eigenvalue weighted by Crippen LogP contribution is 2.26. The summed E-state index contributed by atoms with van der Waals surface area (Å²) in [5.41, 5.74) is 0.650. The van der Waals surface area contributed by atoms with Crippen LogP contribution in [0.25, 0.3) is 0 Å². The molecular formula is C17H22N4OS. The molecule has 1 amide bonds. The lowest BCUT2D eigenvalue weighted by molar-refractivity contribution is -0.150. The Morgan fingerprint density at radius 2 is 1.87 bits per heavy atom. The van der Waals surface area contributed by atoms with Gasteiger partial charge in [0.1, 0.15) is 10.0 Å². The lowest BCUT2D eigenvalue weighted by atomic mass is 9.97. The summed E-state index contributed by atoms with van der Waals surface area (Å²) < 4.78 is 0. The standard InChI is InChI=1S/C17H22N4OS/c1-13-18-19-15(23-13)12-21-10-9-20(16(22)17(21,2)3)11-14-7-5-4-6-8-14/h4-8H,9-12H2,1-3H3. The van der Waals surface area contributed by atoms with Crippen molar-refractivity contribution in [3.63, 3.8) is 0 Å². The average Bonchev–Trinajstić information content (AvgIpc) is 2.94. The van der Waals surface area contributed by atoms with E-state index in [9.17, 15) is 4.79 Å². The Kier molecular flexibility index (Phi) is 4.46. The fraction of sp³-hybridized carbons (Fsp3) is 0.471. The average molecular weight is 330 g/mol. The molecule has 23 heavy (non-hydrogen) atoms. The molecule has 3 rings (SSSR count). The van der Waals surface area contributed by atoms with Crippen LogP contribution in [0.5, 0.6) is 0 Å². The Morgan fingerprint density at radius 3 is 2.52 bits per heavy atom. The van der Waals surface area contributed by atoms with E-state index in [2.05, 4.69) is 27.2 Å². The van der Waals surface area contributed by atoms with Gasteiger partial charge in [0.15, 0.2) is 0 Å². The van der Waals surface area contributed by atoms with Gasteiger partial charge in [0.2, 0.25) is 5.91 Å². The first-order chi connectivity index (χ1) is 11.0. The van der Waals surface area contributed by atoms with Crippen LogP contribution in [0.2, 0.25) is 0 Å². The number of benzene rings is 1. The topological polar surface area (TPSA) is 49.3 Å². The van der Waals surface area contributed by atoms with Crippen molar-refractivity contribution >= 4 is 17.2 Å². The Bertz CT molecular complexity index is 683. The van der Waals surface area contributed by atoms with Gasteiger partial charge in [-0.15, -0.1) is 21.5 Å². The zero-order valence-corrected chi connectivity index (χ0v) is 14.6. The first-order valence-corrected chi connectivity index (χ1v) is 8.66. The normalized spacial score (nSPS) is 18.4. The molecule has 0 N–H and O–H groups in total. The molecule has 1 aromatic carbocycles. The third-order valence-electron chi connectivity index (χ3n) is 4.35. The van der Waals surface area contributed by atoms with Gasteiger partial charge in [0, 0.05) is 19.6 Å². The van der Waals surface area contributed by atoms with Crippen molar-refractivity contribution in [1.82, 2.24) is 20.0 Å². The Hall–Kier alpha value is -1.79. The molecule has 0 unspecified atom stereocenters. The van der Waals surface area contributed by atoms with Crippen molar-refractivity contribution in [3.8, 4) is 0 Å². The molecule has 6 heteroatoms. The van der Waals surface area contributed by atoms with Gasteiger partial charge in [-0.25, -0.2) is 0 Å². The van der Waals surface area contributed by atoms with Gasteiger partial charge in [0.25, 0.3) is 0 Å². The Balaban J connectivity index is 1.70. The molecule has 1 aliphatic heterocycles. The van der Waals surface area contributed by atoms with E-state index in [1.165, 1.54) is 5.56 Å². The molecule has 0 radical (unpaired) electrons. The van der Waals surface area contributed by atoms with Crippen LogP contribution in [-0.2, 0) is 17.9 Å². The summed E-state index contributed by atoms with van der Waals surface area (Å²) in [6.07, 6.45) is 0. The van der Waals surface area contributed by atoms with Crippen LogP contribution in [0.15, 0.2) is 30.3 Å². The van der Waals surface area contributed by atoms with E-state index in [1.54, 1.807) is 11.3 Å². The minimum Gasteiger partial charge on any atom is -0.335 e. The molecule has 1 aliphatic rings. The summed E-state index contributed by atoms with van der Waals surface area (Å²) in [6.45, 7) is 8.91. The zero-order valence-electron chi connectivity index (χ0n) is 13.8. The molecule has 5 nitrogen and oxygen atoms in total. The van der Waals surface area contributed by atoms with E-state index < -0.39 is 5.54 Å². The van der Waals surface area contributed by atoms with Gasteiger partial charge in [-0.2, -0.15) is 0 Å². The van der Waals surface area contributed by atoms with E-state index in [4.69, 9.17) is 0 Å². The molecule has 0 atom stereocenters. The summed E-state index contributed by atoms with van der Waals surface area (Å²) in [4.78, 5) is 17.1. The van der Waals surface area contributed by atoms with E-state index >= 15 is 0 Å². The summed E-state index contributed by atoms with van der Waals surface area (Å²) in [7, 11) is 0. The molecule has 1 aromatic heterocycles. The number of rotatable bonds is 4. The van der Waals surface area contributed by atoms with Crippen LogP contribution in [0.1, 0.15) is 29.4 Å². The van der Waals surface area contributed by atoms with Crippen molar-refractivity contribution in [3.05, 3.63) is 45.9 Å². The van der Waals surface area contributed by atoms with Crippen LogP contribution in [0.4, 0.5) is 0 Å². The number of carbonyl (C=O) groups excluding carboxylic acids is 1. The van der Waals surface area contributed by atoms with Crippen molar-refractivity contribution in [1.29, 1.82) is 0 Å². The number of piperazine rings is 1. The van der Waals surface area contributed by atoms with Crippen molar-refractivity contribution < 1.29 is 4.79 Å². The molecule has 0 spiro atoms. The predicted octanol–water partition coefficient (Wildman–Crippen LogP) is 2.47. The smallest absolute Gasteiger partial charge is 0.242 e. The lowest BCUT2D eigenvalue weighted by Crippen LogP contribution is -2.62. The molecule has 0 bridgehead atoms. The molecule has 2 heterocycles. The highest BCUT2D eigenvalue weighted by atomic mass is 32.1. The maximum Gasteiger partial charge on any atom is 0.242 e. The molecule has 0 aliphatic carbocycles. The molecular weight excluding hydrogens is 308 g/mol. The fourth-order valence-corrected chi connectivity index (χ4v) is 3.67. The quantitative estimate of drug-likeness (QED) is 0.864. The third-order valence-corrected chi connectivity index (χ3v) is 5.17. The van der Waals surface area contributed by atoms with E-state index in [0.717, 1.165) is 23.1 Å². The highest BCUT2D eigenvalue weighted by molar-refractivity contribution is 7.11. The van der Waals surface area contributed by atoms with Crippen LogP contribution in [-0.4, -0.2) is 44.5 Å². The van der Waals surface area contributed by atoms with Crippen LogP contribution < -0.4 is 0 Å². The summed E-state index contributed by atoms with van der Waals surface area (Å²) in [6, 6.07) is 10.2. The number of aryl methyl sites for hydroxylation is 1. The van der Waals surface area contributed by atoms with Gasteiger partial charge in [-0.3, -0.25) is 9.69 Å². The first kappa shape index (κ1) is 16.1. The molecule has 0 saturated carbocycles. The van der Waals surface area contributed by atoms with Crippen LogP contribution in [0, 0.1) is 6.92 Å². The van der Waals surface area contributed by atoms with Crippen molar-refractivity contribution in [2.45, 2.75) is 39.4 Å². The molecule has 1 saturated heterocycles. The summed E-state index contributed by atoms with van der Waals surface area (Å²) >= 11 is 1.60. The monoisotopic (exact) mass is 330 g/mol. The number of carbonyl (C=O) groups is 1. The predicted molar refractivity (Wildman–Crippen MR) is 91.0 cm³/mol. The van der Waals surface area contributed by atoms with E-state index in [-0.39, 0.29) is 5.91 Å². The first-order valence-electron chi connectivity index (χ1n) is 7.84. The van der Waals surface area contributed by atoms with Gasteiger partial charge < -0.3 is 4.90 Å². The number of hydrogen-bond donors (Lipinski definition) is 0. The highest BCUT2D eigenvalue weighted by Gasteiger charge is 2.41. The van der Waals surface area contributed by atoms with Crippen LogP contribution in [0.3, 0.4) is 0 Å². The number of nitrogens with zero attached hydrogens (tertiary/aromatic N) is 4. The van der Waals surface area contributed by atoms with Gasteiger partial charge in [-0.1, -0.05) is 30.3 Å². The molecule has 122 valence electrons. The second kappa shape index (κ2) is 6.37. The number of aromatic nitrogens is 2. The second-order valence-corrected chi connectivity index (χ2v) is 7.67. The molecule has 2 aromatic rings. The van der Waals surface area contributed by atoms with Crippen molar-refractivity contribution in [2.24, 2.45) is 0 Å². The van der Waals surface area contributed by atoms with Crippen LogP contribution >= 0.6 is 11.3 Å². The van der Waals surface area contributed by atoms with Gasteiger partial charge >= 0.3 is 0 Å². The second-order valence-electron chi connectivity index (χ2n) is 6.41. The zero-order chi connectivity index (χ0) is 16.4. The van der Waals surface area contributed by atoms with E-state index in [1.807, 2.05) is 43.9 Å². The maximum atomic E-state index is 12.9. The number of amides is 1. The Morgan fingerprint density at radius 1 is 1.13 bits per heavy atom. The summed E-state index contributed by atoms with van der Waals surface area (Å²) in [5.74, 6) is 0.175. The SMILES string of the molecule is Cc1nnc(CN2CCN(Cc3ccccc3)C(=O)C2(C)C)s1. The minimum absolute atomic E-state index is 0.175. The van der Waals surface area contributed by atoms with Gasteiger partial charge in [-0.05, 0) is 26.3 Å². The lowest BCUT2D eigenvalue weighted by Gasteiger charge is -2.45. The summed E-state index contributed by atoms with van der Waals surface area (Å²) in [5, 5.41) is 10.2. The largest absolute Gasteiger partial charge is 0.335 e. The van der Waals surface area contributed by atoms with E-state index in [0.29, 0.717) is 13.1 Å².